The third kappa shape index (κ3) is 5.58. The molecular weight excluding hydrogens is 444 g/mol. The maximum Gasteiger partial charge on any atom is 0.319 e. The van der Waals surface area contributed by atoms with E-state index < -0.39 is 0 Å². The van der Waals surface area contributed by atoms with Crippen LogP contribution < -0.4 is 15.5 Å². The molecule has 2 amide bonds. The van der Waals surface area contributed by atoms with Crippen LogP contribution in [0.1, 0.15) is 37.9 Å². The largest absolute Gasteiger partial charge is 0.377 e. The zero-order valence-electron chi connectivity index (χ0n) is 20.8. The molecule has 0 spiro atoms. The predicted molar refractivity (Wildman–Crippen MR) is 136 cm³/mol. The molecular formula is C26H36N6O3. The fourth-order valence-corrected chi connectivity index (χ4v) is 5.14. The smallest absolute Gasteiger partial charge is 0.319 e. The quantitative estimate of drug-likeness (QED) is 0.657. The summed E-state index contributed by atoms with van der Waals surface area (Å²) in [5, 5.41) is 5.60. The lowest BCUT2D eigenvalue weighted by molar-refractivity contribution is 0.0681. The Labute approximate surface area is 207 Å². The molecule has 2 N–H and O–H groups in total. The molecule has 3 aliphatic rings. The first kappa shape index (κ1) is 24.0. The van der Waals surface area contributed by atoms with Gasteiger partial charge in [0.2, 0.25) is 0 Å². The fourth-order valence-electron chi connectivity index (χ4n) is 5.14. The summed E-state index contributed by atoms with van der Waals surface area (Å²) < 4.78 is 11.6. The number of nitrogens with one attached hydrogen (secondary N) is 2. The normalized spacial score (nSPS) is 22.6. The van der Waals surface area contributed by atoms with Crippen molar-refractivity contribution in [2.24, 2.45) is 0 Å². The van der Waals surface area contributed by atoms with Gasteiger partial charge in [0.15, 0.2) is 5.82 Å². The summed E-state index contributed by atoms with van der Waals surface area (Å²) in [5.74, 6) is 1.77. The van der Waals surface area contributed by atoms with Gasteiger partial charge in [0.05, 0.1) is 31.1 Å². The first-order valence-corrected chi connectivity index (χ1v) is 12.8. The van der Waals surface area contributed by atoms with Crippen LogP contribution in [0, 0.1) is 0 Å². The number of hydrogen-bond donors (Lipinski definition) is 2. The minimum Gasteiger partial charge on any atom is -0.377 e. The van der Waals surface area contributed by atoms with E-state index in [-0.39, 0.29) is 12.1 Å². The second kappa shape index (κ2) is 10.9. The number of amides is 2. The van der Waals surface area contributed by atoms with Crippen molar-refractivity contribution < 1.29 is 14.3 Å². The number of morpholine rings is 1. The molecule has 188 valence electrons. The van der Waals surface area contributed by atoms with E-state index >= 15 is 0 Å². The molecule has 2 atom stereocenters. The lowest BCUT2D eigenvalue weighted by Gasteiger charge is -2.38. The third-order valence-electron chi connectivity index (χ3n) is 6.99. The third-order valence-corrected chi connectivity index (χ3v) is 6.99. The van der Waals surface area contributed by atoms with Gasteiger partial charge < -0.3 is 25.0 Å². The van der Waals surface area contributed by atoms with Crippen LogP contribution in [0.4, 0.5) is 16.3 Å². The van der Waals surface area contributed by atoms with Crippen molar-refractivity contribution in [1.29, 1.82) is 0 Å². The number of carbonyl (C=O) groups excluding carboxylic acids is 1. The van der Waals surface area contributed by atoms with E-state index in [9.17, 15) is 4.79 Å². The minimum absolute atomic E-state index is 0.208. The molecule has 9 heteroatoms. The number of carbonyl (C=O) groups is 1. The van der Waals surface area contributed by atoms with Crippen LogP contribution in [0.25, 0.3) is 11.4 Å². The second-order valence-electron chi connectivity index (χ2n) is 9.60. The number of ether oxygens (including phenoxy) is 2. The van der Waals surface area contributed by atoms with Crippen LogP contribution in [0.5, 0.6) is 0 Å². The highest BCUT2D eigenvalue weighted by atomic mass is 16.5. The van der Waals surface area contributed by atoms with Crippen molar-refractivity contribution in [2.75, 3.05) is 56.2 Å². The summed E-state index contributed by atoms with van der Waals surface area (Å²) in [6, 6.07) is 7.80. The molecule has 1 aromatic heterocycles. The number of nitrogens with zero attached hydrogens (tertiary/aromatic N) is 4. The Kier molecular flexibility index (Phi) is 7.46. The summed E-state index contributed by atoms with van der Waals surface area (Å²) in [4.78, 5) is 26.9. The fraction of sp³-hybridized carbons (Fsp3) is 0.577. The van der Waals surface area contributed by atoms with Crippen LogP contribution in [0.3, 0.4) is 0 Å². The van der Waals surface area contributed by atoms with Crippen molar-refractivity contribution in [3.05, 3.63) is 35.5 Å². The van der Waals surface area contributed by atoms with Gasteiger partial charge in [-0.2, -0.15) is 0 Å². The SMILES string of the molecule is CCNC(=O)Nc1ccc(-c2nc3c(c(N4CCOC[C@@H]4C)n2)CCN(C[C@@H]2CCCO2)C3)cc1. The number of rotatable bonds is 6. The molecule has 0 bridgehead atoms. The maximum atomic E-state index is 11.9. The second-order valence-corrected chi connectivity index (χ2v) is 9.60. The van der Waals surface area contributed by atoms with Gasteiger partial charge in [0, 0.05) is 56.1 Å². The zero-order chi connectivity index (χ0) is 24.2. The van der Waals surface area contributed by atoms with Crippen molar-refractivity contribution in [2.45, 2.75) is 51.8 Å². The van der Waals surface area contributed by atoms with E-state index in [0.717, 1.165) is 80.6 Å². The Morgan fingerprint density at radius 2 is 2.03 bits per heavy atom. The molecule has 5 rings (SSSR count). The van der Waals surface area contributed by atoms with Crippen LogP contribution in [0.15, 0.2) is 24.3 Å². The molecule has 0 saturated carbocycles. The van der Waals surface area contributed by atoms with Gasteiger partial charge in [-0.15, -0.1) is 0 Å². The van der Waals surface area contributed by atoms with E-state index in [1.165, 1.54) is 5.56 Å². The molecule has 2 aromatic rings. The number of anilines is 2. The first-order chi connectivity index (χ1) is 17.1. The highest BCUT2D eigenvalue weighted by Crippen LogP contribution is 2.32. The summed E-state index contributed by atoms with van der Waals surface area (Å²) in [6.07, 6.45) is 3.58. The van der Waals surface area contributed by atoms with Crippen molar-refractivity contribution in [1.82, 2.24) is 20.2 Å². The standard InChI is InChI=1S/C26H36N6O3/c1-3-27-26(33)28-20-8-6-19(7-9-20)24-29-23-16-31(15-21-5-4-13-35-21)11-10-22(23)25(30-24)32-12-14-34-17-18(32)2/h6-9,18,21H,3-5,10-17H2,1-2H3,(H2,27,28,33)/t18-,21-/m0/s1. The number of benzene rings is 1. The maximum absolute atomic E-state index is 11.9. The van der Waals surface area contributed by atoms with Gasteiger partial charge in [-0.25, -0.2) is 14.8 Å². The highest BCUT2D eigenvalue weighted by Gasteiger charge is 2.30. The van der Waals surface area contributed by atoms with Crippen LogP contribution in [-0.4, -0.2) is 79.0 Å². The Morgan fingerprint density at radius 3 is 2.77 bits per heavy atom. The first-order valence-electron chi connectivity index (χ1n) is 12.8. The van der Waals surface area contributed by atoms with Crippen LogP contribution >= 0.6 is 0 Å². The monoisotopic (exact) mass is 480 g/mol. The molecule has 4 heterocycles. The molecule has 9 nitrogen and oxygen atoms in total. The predicted octanol–water partition coefficient (Wildman–Crippen LogP) is 3.05. The number of hydrogen-bond acceptors (Lipinski definition) is 7. The summed E-state index contributed by atoms with van der Waals surface area (Å²) in [5.41, 5.74) is 4.05. The van der Waals surface area contributed by atoms with Gasteiger partial charge in [0.1, 0.15) is 5.82 Å². The molecule has 0 radical (unpaired) electrons. The van der Waals surface area contributed by atoms with Gasteiger partial charge in [-0.3, -0.25) is 4.90 Å². The molecule has 3 aliphatic heterocycles. The summed E-state index contributed by atoms with van der Waals surface area (Å²) in [6.45, 7) is 10.6. The number of urea groups is 1. The van der Waals surface area contributed by atoms with Crippen molar-refractivity contribution >= 4 is 17.5 Å². The molecule has 2 fully saturated rings. The van der Waals surface area contributed by atoms with Gasteiger partial charge in [0.25, 0.3) is 0 Å². The molecule has 1 aromatic carbocycles. The van der Waals surface area contributed by atoms with E-state index in [4.69, 9.17) is 19.4 Å². The Hall–Kier alpha value is -2.75. The molecule has 0 aliphatic carbocycles. The van der Waals surface area contributed by atoms with Gasteiger partial charge in [-0.1, -0.05) is 0 Å². The van der Waals surface area contributed by atoms with E-state index in [0.29, 0.717) is 25.9 Å². The van der Waals surface area contributed by atoms with E-state index in [2.05, 4.69) is 27.4 Å². The van der Waals surface area contributed by atoms with Crippen molar-refractivity contribution in [3.63, 3.8) is 0 Å². The number of aromatic nitrogens is 2. The number of fused-ring (bicyclic) bond motifs is 1. The average molecular weight is 481 g/mol. The topological polar surface area (TPSA) is 91.9 Å². The van der Waals surface area contributed by atoms with Crippen LogP contribution in [-0.2, 0) is 22.4 Å². The van der Waals surface area contributed by atoms with Crippen LogP contribution in [0.2, 0.25) is 0 Å². The lowest BCUT2D eigenvalue weighted by Crippen LogP contribution is -2.45. The zero-order valence-corrected chi connectivity index (χ0v) is 20.8. The highest BCUT2D eigenvalue weighted by molar-refractivity contribution is 5.89. The Morgan fingerprint density at radius 1 is 1.17 bits per heavy atom. The molecule has 2 saturated heterocycles. The van der Waals surface area contributed by atoms with E-state index in [1.807, 2.05) is 31.2 Å². The van der Waals surface area contributed by atoms with Crippen molar-refractivity contribution in [3.8, 4) is 11.4 Å². The average Bonchev–Trinajstić information content (AvgIpc) is 3.37. The lowest BCUT2D eigenvalue weighted by atomic mass is 10.0. The van der Waals surface area contributed by atoms with Gasteiger partial charge in [-0.05, 0) is 57.4 Å². The van der Waals surface area contributed by atoms with Gasteiger partial charge >= 0.3 is 6.03 Å². The Balaban J connectivity index is 1.43. The molecule has 35 heavy (non-hydrogen) atoms. The minimum atomic E-state index is -0.208. The van der Waals surface area contributed by atoms with E-state index in [1.54, 1.807) is 0 Å². The summed E-state index contributed by atoms with van der Waals surface area (Å²) in [7, 11) is 0. The summed E-state index contributed by atoms with van der Waals surface area (Å²) >= 11 is 0. The molecule has 0 unspecified atom stereocenters. The Bertz CT molecular complexity index is 1020.